The minimum absolute atomic E-state index is 0.0218. The number of nitro benzene ring substituents is 1. The normalized spacial score (nSPS) is 10.0. The fourth-order valence-corrected chi connectivity index (χ4v) is 1.80. The number of hydrogen-bond donors (Lipinski definition) is 1. The van der Waals surface area contributed by atoms with Gasteiger partial charge in [-0.3, -0.25) is 19.7 Å². The number of nitrogens with two attached hydrogens (primary N) is 1. The van der Waals surface area contributed by atoms with E-state index in [1.165, 1.54) is 6.07 Å². The molecule has 7 nitrogen and oxygen atoms in total. The molecule has 0 bridgehead atoms. The number of rotatable bonds is 6. The maximum Gasteiger partial charge on any atom is 0.273 e. The second-order valence-corrected chi connectivity index (χ2v) is 4.38. The summed E-state index contributed by atoms with van der Waals surface area (Å²) in [6, 6.07) is 11.8. The Labute approximate surface area is 125 Å². The van der Waals surface area contributed by atoms with Gasteiger partial charge in [0.25, 0.3) is 11.6 Å². The number of hydrogen-bond acceptors (Lipinski definition) is 5. The number of non-ortho nitro benzene ring substituents is 1. The van der Waals surface area contributed by atoms with Crippen LogP contribution in [0, 0.1) is 10.1 Å². The molecule has 2 aromatic rings. The van der Waals surface area contributed by atoms with E-state index in [4.69, 9.17) is 10.5 Å². The van der Waals surface area contributed by atoms with Gasteiger partial charge in [-0.25, -0.2) is 0 Å². The smallest absolute Gasteiger partial charge is 0.273 e. The van der Waals surface area contributed by atoms with Gasteiger partial charge in [-0.1, -0.05) is 30.3 Å². The topological polar surface area (TPSA) is 113 Å². The highest BCUT2D eigenvalue weighted by atomic mass is 16.6. The Hall–Kier alpha value is -3.22. The summed E-state index contributed by atoms with van der Waals surface area (Å²) in [5.74, 6) is -1.20. The summed E-state index contributed by atoms with van der Waals surface area (Å²) in [5, 5.41) is 10.8. The first-order valence-corrected chi connectivity index (χ1v) is 6.28. The molecule has 2 N–H and O–H groups in total. The lowest BCUT2D eigenvalue weighted by Gasteiger charge is -2.09. The molecular weight excluding hydrogens is 288 g/mol. The summed E-state index contributed by atoms with van der Waals surface area (Å²) in [6.45, 7) is -0.356. The third-order valence-corrected chi connectivity index (χ3v) is 2.90. The van der Waals surface area contributed by atoms with Crippen molar-refractivity contribution in [1.29, 1.82) is 0 Å². The Bertz CT molecular complexity index is 728. The van der Waals surface area contributed by atoms with Crippen molar-refractivity contribution in [3.63, 3.8) is 0 Å². The average Bonchev–Trinajstić information content (AvgIpc) is 2.52. The molecule has 0 aliphatic carbocycles. The zero-order valence-corrected chi connectivity index (χ0v) is 11.4. The second kappa shape index (κ2) is 6.49. The number of primary amides is 1. The fraction of sp³-hybridized carbons (Fsp3) is 0.0667. The van der Waals surface area contributed by atoms with E-state index in [1.54, 1.807) is 30.3 Å². The number of amides is 1. The van der Waals surface area contributed by atoms with Gasteiger partial charge in [0.05, 0.1) is 16.6 Å². The zero-order chi connectivity index (χ0) is 16.1. The molecule has 0 aliphatic heterocycles. The van der Waals surface area contributed by atoms with Crippen LogP contribution >= 0.6 is 0 Å². The predicted octanol–water partition coefficient (Wildman–Crippen LogP) is 1.96. The van der Waals surface area contributed by atoms with E-state index >= 15 is 0 Å². The lowest BCUT2D eigenvalue weighted by atomic mass is 10.1. The van der Waals surface area contributed by atoms with Crippen LogP contribution in [-0.4, -0.2) is 23.2 Å². The molecule has 0 radical (unpaired) electrons. The van der Waals surface area contributed by atoms with Gasteiger partial charge >= 0.3 is 0 Å². The van der Waals surface area contributed by atoms with E-state index < -0.39 is 10.8 Å². The molecule has 0 aromatic heterocycles. The molecule has 0 aliphatic rings. The van der Waals surface area contributed by atoms with Crippen molar-refractivity contribution in [2.24, 2.45) is 5.73 Å². The highest BCUT2D eigenvalue weighted by Crippen LogP contribution is 2.24. The number of ketones is 1. The molecule has 22 heavy (non-hydrogen) atoms. The monoisotopic (exact) mass is 300 g/mol. The van der Waals surface area contributed by atoms with Gasteiger partial charge in [-0.15, -0.1) is 0 Å². The quantitative estimate of drug-likeness (QED) is 0.497. The maximum atomic E-state index is 11.9. The van der Waals surface area contributed by atoms with Gasteiger partial charge in [-0.05, 0) is 6.07 Å². The van der Waals surface area contributed by atoms with Crippen molar-refractivity contribution in [3.05, 3.63) is 69.8 Å². The first kappa shape index (κ1) is 15.2. The minimum Gasteiger partial charge on any atom is -0.484 e. The number of nitrogens with zero attached hydrogens (tertiary/aromatic N) is 1. The molecule has 2 rings (SSSR count). The number of Topliss-reactive ketones (excluding diaryl/α,β-unsaturated/α-hetero) is 1. The lowest BCUT2D eigenvalue weighted by molar-refractivity contribution is -0.384. The predicted molar refractivity (Wildman–Crippen MR) is 77.9 cm³/mol. The number of carbonyl (C=O) groups is 2. The molecule has 0 saturated carbocycles. The largest absolute Gasteiger partial charge is 0.484 e. The van der Waals surface area contributed by atoms with Crippen LogP contribution in [-0.2, 0) is 0 Å². The molecule has 0 saturated heterocycles. The second-order valence-electron chi connectivity index (χ2n) is 4.38. The van der Waals surface area contributed by atoms with Crippen molar-refractivity contribution in [2.75, 3.05) is 6.61 Å². The average molecular weight is 300 g/mol. The van der Waals surface area contributed by atoms with E-state index in [9.17, 15) is 19.7 Å². The van der Waals surface area contributed by atoms with Crippen molar-refractivity contribution >= 4 is 17.4 Å². The van der Waals surface area contributed by atoms with E-state index in [1.807, 2.05) is 0 Å². The summed E-state index contributed by atoms with van der Waals surface area (Å²) in [4.78, 5) is 33.4. The molecule has 0 fully saturated rings. The zero-order valence-electron chi connectivity index (χ0n) is 11.4. The molecule has 0 unspecified atom stereocenters. The molecule has 0 spiro atoms. The van der Waals surface area contributed by atoms with Gasteiger partial charge in [0.15, 0.2) is 12.4 Å². The number of benzene rings is 2. The van der Waals surface area contributed by atoms with Crippen LogP contribution in [0.15, 0.2) is 48.5 Å². The molecule has 1 amide bonds. The minimum atomic E-state index is -0.794. The number of carbonyl (C=O) groups excluding carboxylic acids is 2. The van der Waals surface area contributed by atoms with E-state index in [-0.39, 0.29) is 29.4 Å². The van der Waals surface area contributed by atoms with E-state index in [2.05, 4.69) is 0 Å². The summed E-state index contributed by atoms with van der Waals surface area (Å²) in [7, 11) is 0. The van der Waals surface area contributed by atoms with Crippen LogP contribution in [0.25, 0.3) is 0 Å². The van der Waals surface area contributed by atoms with Gasteiger partial charge in [0, 0.05) is 11.6 Å². The van der Waals surface area contributed by atoms with Gasteiger partial charge < -0.3 is 10.5 Å². The molecule has 0 atom stereocenters. The number of ether oxygens (including phenoxy) is 1. The van der Waals surface area contributed by atoms with E-state index in [0.29, 0.717) is 5.56 Å². The van der Waals surface area contributed by atoms with Crippen LogP contribution in [0.4, 0.5) is 5.69 Å². The van der Waals surface area contributed by atoms with Crippen LogP contribution in [0.1, 0.15) is 20.7 Å². The Kier molecular flexibility index (Phi) is 4.47. The maximum absolute atomic E-state index is 11.9. The van der Waals surface area contributed by atoms with Gasteiger partial charge in [-0.2, -0.15) is 0 Å². The molecule has 112 valence electrons. The first-order valence-electron chi connectivity index (χ1n) is 6.28. The van der Waals surface area contributed by atoms with Crippen molar-refractivity contribution in [2.45, 2.75) is 0 Å². The summed E-state index contributed by atoms with van der Waals surface area (Å²) >= 11 is 0. The third kappa shape index (κ3) is 3.45. The Morgan fingerprint density at radius 1 is 1.14 bits per heavy atom. The van der Waals surface area contributed by atoms with E-state index in [0.717, 1.165) is 12.1 Å². The highest BCUT2D eigenvalue weighted by Gasteiger charge is 2.16. The highest BCUT2D eigenvalue weighted by molar-refractivity contribution is 5.98. The lowest BCUT2D eigenvalue weighted by Crippen LogP contribution is -2.16. The molecule has 7 heteroatoms. The Balaban J connectivity index is 2.21. The Morgan fingerprint density at radius 2 is 1.82 bits per heavy atom. The van der Waals surface area contributed by atoms with Crippen LogP contribution in [0.5, 0.6) is 5.75 Å². The van der Waals surface area contributed by atoms with Crippen LogP contribution < -0.4 is 10.5 Å². The SMILES string of the molecule is NC(=O)c1ccc([N+](=O)[O-])cc1OCC(=O)c1ccccc1. The summed E-state index contributed by atoms with van der Waals surface area (Å²) < 4.78 is 5.25. The molecular formula is C15H12N2O5. The van der Waals surface area contributed by atoms with Gasteiger partial charge in [0.1, 0.15) is 5.75 Å². The summed E-state index contributed by atoms with van der Waals surface area (Å²) in [6.07, 6.45) is 0. The molecule has 2 aromatic carbocycles. The first-order chi connectivity index (χ1) is 10.5. The van der Waals surface area contributed by atoms with Crippen molar-refractivity contribution in [1.82, 2.24) is 0 Å². The molecule has 0 heterocycles. The summed E-state index contributed by atoms with van der Waals surface area (Å²) in [5.41, 5.74) is 5.34. The van der Waals surface area contributed by atoms with Crippen molar-refractivity contribution < 1.29 is 19.2 Å². The standard InChI is InChI=1S/C15H12N2O5/c16-15(19)12-7-6-11(17(20)21)8-14(12)22-9-13(18)10-4-2-1-3-5-10/h1-8H,9H2,(H2,16,19). The number of nitro groups is 1. The Morgan fingerprint density at radius 3 is 2.41 bits per heavy atom. The third-order valence-electron chi connectivity index (χ3n) is 2.90. The van der Waals surface area contributed by atoms with Crippen LogP contribution in [0.2, 0.25) is 0 Å². The fourth-order valence-electron chi connectivity index (χ4n) is 1.80. The van der Waals surface area contributed by atoms with Crippen LogP contribution in [0.3, 0.4) is 0 Å². The van der Waals surface area contributed by atoms with Gasteiger partial charge in [0.2, 0.25) is 0 Å². The van der Waals surface area contributed by atoms with Crippen molar-refractivity contribution in [3.8, 4) is 5.75 Å².